The Balaban J connectivity index is 2.43. The van der Waals surface area contributed by atoms with Gasteiger partial charge in [-0.1, -0.05) is 0 Å². The van der Waals surface area contributed by atoms with Gasteiger partial charge in [0, 0.05) is 5.56 Å². The first kappa shape index (κ1) is 10.8. The van der Waals surface area contributed by atoms with Crippen LogP contribution in [0.4, 0.5) is 0 Å². The van der Waals surface area contributed by atoms with Gasteiger partial charge >= 0.3 is 5.97 Å². The van der Waals surface area contributed by atoms with Crippen molar-refractivity contribution in [2.24, 2.45) is 0 Å². The van der Waals surface area contributed by atoms with Crippen LogP contribution in [0.3, 0.4) is 0 Å². The molecular weight excluding hydrogens is 212 g/mol. The van der Waals surface area contributed by atoms with E-state index < -0.39 is 12.1 Å². The molecule has 1 aliphatic heterocycles. The number of benzene rings is 1. The summed E-state index contributed by atoms with van der Waals surface area (Å²) in [7, 11) is 0. The molecule has 1 aliphatic rings. The Morgan fingerprint density at radius 2 is 2.31 bits per heavy atom. The Bertz CT molecular complexity index is 427. The second kappa shape index (κ2) is 4.02. The van der Waals surface area contributed by atoms with Crippen molar-refractivity contribution in [1.82, 2.24) is 0 Å². The average Bonchev–Trinajstić information content (AvgIpc) is 2.28. The third kappa shape index (κ3) is 1.69. The third-order valence-corrected chi connectivity index (χ3v) is 2.51. The fourth-order valence-corrected chi connectivity index (χ4v) is 1.63. The molecule has 5 nitrogen and oxygen atoms in total. The van der Waals surface area contributed by atoms with E-state index in [1.54, 1.807) is 13.0 Å². The van der Waals surface area contributed by atoms with Gasteiger partial charge in [0.15, 0.2) is 17.6 Å². The lowest BCUT2D eigenvalue weighted by Crippen LogP contribution is -2.32. The van der Waals surface area contributed by atoms with E-state index in [0.717, 1.165) is 0 Å². The quantitative estimate of drug-likeness (QED) is 0.778. The Labute approximate surface area is 92.2 Å². The van der Waals surface area contributed by atoms with Gasteiger partial charge in [0.25, 0.3) is 0 Å². The highest BCUT2D eigenvalue weighted by Gasteiger charge is 2.24. The minimum absolute atomic E-state index is 0.157. The molecule has 2 rings (SSSR count). The minimum Gasteiger partial charge on any atom is -0.486 e. The first-order chi connectivity index (χ1) is 7.63. The lowest BCUT2D eigenvalue weighted by atomic mass is 10.1. The first-order valence-corrected chi connectivity index (χ1v) is 4.90. The smallest absolute Gasteiger partial charge is 0.336 e. The fourth-order valence-electron chi connectivity index (χ4n) is 1.63. The zero-order valence-corrected chi connectivity index (χ0v) is 8.77. The van der Waals surface area contributed by atoms with Crippen molar-refractivity contribution >= 4 is 5.97 Å². The molecule has 0 amide bonds. The normalized spacial score (nSPS) is 18.2. The summed E-state index contributed by atoms with van der Waals surface area (Å²) in [6, 6.07) is 3.05. The molecule has 1 heterocycles. The lowest BCUT2D eigenvalue weighted by Gasteiger charge is -2.26. The van der Waals surface area contributed by atoms with Crippen molar-refractivity contribution in [3.8, 4) is 11.5 Å². The molecule has 0 fully saturated rings. The van der Waals surface area contributed by atoms with E-state index in [1.165, 1.54) is 6.07 Å². The summed E-state index contributed by atoms with van der Waals surface area (Å²) in [6.45, 7) is 1.77. The number of aliphatic hydroxyl groups excluding tert-OH is 1. The molecule has 0 saturated carbocycles. The van der Waals surface area contributed by atoms with E-state index in [1.807, 2.05) is 0 Å². The maximum atomic E-state index is 10.9. The van der Waals surface area contributed by atoms with Crippen LogP contribution in [0.1, 0.15) is 15.9 Å². The number of carboxylic acid groups (broad SMARTS) is 1. The second-order valence-corrected chi connectivity index (χ2v) is 3.60. The van der Waals surface area contributed by atoms with Crippen LogP contribution in [0, 0.1) is 6.92 Å². The van der Waals surface area contributed by atoms with Crippen LogP contribution in [-0.2, 0) is 0 Å². The number of aromatic carboxylic acids is 1. The summed E-state index contributed by atoms with van der Waals surface area (Å²) < 4.78 is 10.8. The molecule has 5 heteroatoms. The number of rotatable bonds is 2. The van der Waals surface area contributed by atoms with Crippen LogP contribution < -0.4 is 9.47 Å². The molecule has 16 heavy (non-hydrogen) atoms. The Hall–Kier alpha value is -1.75. The van der Waals surface area contributed by atoms with Gasteiger partial charge in [-0.3, -0.25) is 0 Å². The number of aliphatic hydroxyl groups is 1. The fraction of sp³-hybridized carbons (Fsp3) is 0.364. The van der Waals surface area contributed by atoms with Crippen LogP contribution in [0.2, 0.25) is 0 Å². The lowest BCUT2D eigenvalue weighted by molar-refractivity contribution is 0.0446. The third-order valence-electron chi connectivity index (χ3n) is 2.51. The van der Waals surface area contributed by atoms with E-state index in [-0.39, 0.29) is 18.8 Å². The molecule has 0 unspecified atom stereocenters. The van der Waals surface area contributed by atoms with Gasteiger partial charge in [-0.05, 0) is 19.1 Å². The van der Waals surface area contributed by atoms with Gasteiger partial charge in [0.05, 0.1) is 12.2 Å². The van der Waals surface area contributed by atoms with Crippen LogP contribution in [-0.4, -0.2) is 35.5 Å². The standard InChI is InChI=1S/C11H12O5/c1-6-8(11(13)14)2-3-9-10(6)16-7(4-12)5-15-9/h2-3,7,12H,4-5H2,1H3,(H,13,14)/t7-/m0/s1. The minimum atomic E-state index is -1.00. The molecule has 0 radical (unpaired) electrons. The zero-order chi connectivity index (χ0) is 11.7. The molecule has 0 saturated heterocycles. The van der Waals surface area contributed by atoms with Gasteiger partial charge in [-0.25, -0.2) is 4.79 Å². The number of fused-ring (bicyclic) bond motifs is 1. The van der Waals surface area contributed by atoms with Crippen LogP contribution >= 0.6 is 0 Å². The van der Waals surface area contributed by atoms with Gasteiger partial charge in [0.2, 0.25) is 0 Å². The predicted octanol–water partition coefficient (Wildman–Crippen LogP) is 0.825. The van der Waals surface area contributed by atoms with Crippen LogP contribution in [0.25, 0.3) is 0 Å². The van der Waals surface area contributed by atoms with E-state index in [4.69, 9.17) is 19.7 Å². The highest BCUT2D eigenvalue weighted by molar-refractivity contribution is 5.90. The molecule has 2 N–H and O–H groups in total. The van der Waals surface area contributed by atoms with Gasteiger partial charge in [-0.2, -0.15) is 0 Å². The van der Waals surface area contributed by atoms with Crippen molar-refractivity contribution < 1.29 is 24.5 Å². The molecule has 1 aromatic carbocycles. The number of hydrogen-bond donors (Lipinski definition) is 2. The second-order valence-electron chi connectivity index (χ2n) is 3.60. The van der Waals surface area contributed by atoms with Crippen molar-refractivity contribution in [3.05, 3.63) is 23.3 Å². The number of ether oxygens (including phenoxy) is 2. The summed E-state index contributed by atoms with van der Waals surface area (Å²) in [4.78, 5) is 10.9. The highest BCUT2D eigenvalue weighted by atomic mass is 16.6. The maximum absolute atomic E-state index is 10.9. The van der Waals surface area contributed by atoms with Crippen molar-refractivity contribution in [3.63, 3.8) is 0 Å². The van der Waals surface area contributed by atoms with Gasteiger partial charge in [-0.15, -0.1) is 0 Å². The molecule has 0 spiro atoms. The average molecular weight is 224 g/mol. The summed E-state index contributed by atoms with van der Waals surface area (Å²) in [5.41, 5.74) is 0.698. The van der Waals surface area contributed by atoms with E-state index in [0.29, 0.717) is 17.1 Å². The van der Waals surface area contributed by atoms with E-state index >= 15 is 0 Å². The summed E-state index contributed by atoms with van der Waals surface area (Å²) in [5, 5.41) is 17.9. The van der Waals surface area contributed by atoms with Crippen molar-refractivity contribution in [2.45, 2.75) is 13.0 Å². The van der Waals surface area contributed by atoms with E-state index in [2.05, 4.69) is 0 Å². The molecule has 1 aromatic rings. The molecular formula is C11H12O5. The summed E-state index contributed by atoms with van der Waals surface area (Å²) in [6.07, 6.45) is -0.435. The van der Waals surface area contributed by atoms with Crippen molar-refractivity contribution in [2.75, 3.05) is 13.2 Å². The number of carboxylic acids is 1. The SMILES string of the molecule is Cc1c(C(=O)O)ccc2c1O[C@@H](CO)CO2. The molecule has 0 aromatic heterocycles. The van der Waals surface area contributed by atoms with Crippen LogP contribution in [0.15, 0.2) is 12.1 Å². The monoisotopic (exact) mass is 224 g/mol. The molecule has 0 bridgehead atoms. The first-order valence-electron chi connectivity index (χ1n) is 4.90. The van der Waals surface area contributed by atoms with Gasteiger partial charge in [0.1, 0.15) is 6.61 Å². The van der Waals surface area contributed by atoms with Gasteiger partial charge < -0.3 is 19.7 Å². The zero-order valence-electron chi connectivity index (χ0n) is 8.77. The number of carbonyl (C=O) groups is 1. The van der Waals surface area contributed by atoms with E-state index in [9.17, 15) is 4.79 Å². The maximum Gasteiger partial charge on any atom is 0.336 e. The number of hydrogen-bond acceptors (Lipinski definition) is 4. The topological polar surface area (TPSA) is 76.0 Å². The summed E-state index contributed by atoms with van der Waals surface area (Å²) >= 11 is 0. The summed E-state index contributed by atoms with van der Waals surface area (Å²) in [5.74, 6) is -0.0765. The largest absolute Gasteiger partial charge is 0.486 e. The Morgan fingerprint density at radius 3 is 2.94 bits per heavy atom. The predicted molar refractivity (Wildman–Crippen MR) is 55.1 cm³/mol. The van der Waals surface area contributed by atoms with Crippen LogP contribution in [0.5, 0.6) is 11.5 Å². The molecule has 0 aliphatic carbocycles. The molecule has 86 valence electrons. The van der Waals surface area contributed by atoms with Crippen molar-refractivity contribution in [1.29, 1.82) is 0 Å². The highest BCUT2D eigenvalue weighted by Crippen LogP contribution is 2.36. The Morgan fingerprint density at radius 1 is 1.56 bits per heavy atom. The molecule has 1 atom stereocenters. The Kier molecular flexibility index (Phi) is 2.70.